The molecule has 1 aliphatic rings. The normalized spacial score (nSPS) is 21.1. The molecule has 1 unspecified atom stereocenters. The van der Waals surface area contributed by atoms with Crippen LogP contribution in [0.5, 0.6) is 0 Å². The summed E-state index contributed by atoms with van der Waals surface area (Å²) in [6, 6.07) is 6.78. The summed E-state index contributed by atoms with van der Waals surface area (Å²) in [7, 11) is 0. The number of hydrogen-bond donors (Lipinski definition) is 1. The van der Waals surface area contributed by atoms with Gasteiger partial charge in [0.15, 0.2) is 0 Å². The van der Waals surface area contributed by atoms with E-state index in [0.717, 1.165) is 24.1 Å². The van der Waals surface area contributed by atoms with Crippen molar-refractivity contribution in [2.75, 3.05) is 18.5 Å². The maximum absolute atomic E-state index is 5.31. The minimum Gasteiger partial charge on any atom is -0.380 e. The molecule has 0 aromatic heterocycles. The summed E-state index contributed by atoms with van der Waals surface area (Å²) in [6.07, 6.45) is 1.10. The molecule has 0 saturated carbocycles. The highest BCUT2D eigenvalue weighted by Gasteiger charge is 2.14. The fourth-order valence-corrected chi connectivity index (χ4v) is 2.23. The highest BCUT2D eigenvalue weighted by atomic mass is 127. The highest BCUT2D eigenvalue weighted by Crippen LogP contribution is 2.23. The van der Waals surface area contributed by atoms with Gasteiger partial charge in [-0.05, 0) is 63.1 Å². The topological polar surface area (TPSA) is 21.3 Å². The number of hydrogen-bond acceptors (Lipinski definition) is 2. The second kappa shape index (κ2) is 4.81. The number of halogens is 2. The van der Waals surface area contributed by atoms with Crippen molar-refractivity contribution in [1.82, 2.24) is 0 Å². The van der Waals surface area contributed by atoms with E-state index in [1.807, 2.05) is 0 Å². The van der Waals surface area contributed by atoms with E-state index < -0.39 is 0 Å². The van der Waals surface area contributed by atoms with Gasteiger partial charge < -0.3 is 10.1 Å². The highest BCUT2D eigenvalue weighted by molar-refractivity contribution is 14.1. The average molecular weight is 368 g/mol. The molecule has 2 nitrogen and oxygen atoms in total. The molecule has 0 aliphatic carbocycles. The van der Waals surface area contributed by atoms with Gasteiger partial charge in [-0.1, -0.05) is 0 Å². The van der Waals surface area contributed by atoms with Gasteiger partial charge in [-0.15, -0.1) is 0 Å². The molecular formula is C10H11BrINO. The van der Waals surface area contributed by atoms with Crippen LogP contribution < -0.4 is 5.32 Å². The molecule has 1 atom stereocenters. The van der Waals surface area contributed by atoms with Crippen LogP contribution in [0.15, 0.2) is 22.7 Å². The van der Waals surface area contributed by atoms with E-state index in [-0.39, 0.29) is 0 Å². The van der Waals surface area contributed by atoms with Gasteiger partial charge in [-0.2, -0.15) is 0 Å². The second-order valence-electron chi connectivity index (χ2n) is 3.33. The van der Waals surface area contributed by atoms with E-state index >= 15 is 0 Å². The van der Waals surface area contributed by atoms with Crippen LogP contribution in [0, 0.1) is 3.57 Å². The standard InChI is InChI=1S/C10H11BrINO/c11-9-2-1-7(5-10(9)12)13-8-3-4-14-6-8/h1-2,5,8,13H,3-4,6H2. The first-order valence-corrected chi connectivity index (χ1v) is 6.42. The predicted molar refractivity (Wildman–Crippen MR) is 69.7 cm³/mol. The summed E-state index contributed by atoms with van der Waals surface area (Å²) in [5.41, 5.74) is 1.17. The molecular weight excluding hydrogens is 357 g/mol. The molecule has 0 radical (unpaired) electrons. The Bertz CT molecular complexity index is 326. The lowest BCUT2D eigenvalue weighted by Gasteiger charge is -2.12. The van der Waals surface area contributed by atoms with E-state index in [4.69, 9.17) is 4.74 Å². The third-order valence-electron chi connectivity index (χ3n) is 2.22. The summed E-state index contributed by atoms with van der Waals surface area (Å²) < 4.78 is 7.68. The zero-order valence-corrected chi connectivity index (χ0v) is 11.3. The Labute approximate surface area is 106 Å². The van der Waals surface area contributed by atoms with E-state index in [0.29, 0.717) is 6.04 Å². The Morgan fingerprint density at radius 3 is 3.00 bits per heavy atom. The second-order valence-corrected chi connectivity index (χ2v) is 5.35. The summed E-state index contributed by atoms with van der Waals surface area (Å²) in [5.74, 6) is 0. The third kappa shape index (κ3) is 2.61. The predicted octanol–water partition coefficient (Wildman–Crippen LogP) is 3.25. The Hall–Kier alpha value is 0.190. The molecule has 1 saturated heterocycles. The van der Waals surface area contributed by atoms with Crippen LogP contribution >= 0.6 is 38.5 Å². The molecule has 1 heterocycles. The first-order valence-electron chi connectivity index (χ1n) is 4.55. The van der Waals surface area contributed by atoms with Crippen LogP contribution in [0.4, 0.5) is 5.69 Å². The van der Waals surface area contributed by atoms with Crippen molar-refractivity contribution in [2.45, 2.75) is 12.5 Å². The van der Waals surface area contributed by atoms with Crippen molar-refractivity contribution in [3.05, 3.63) is 26.2 Å². The Balaban J connectivity index is 2.05. The molecule has 0 amide bonds. The van der Waals surface area contributed by atoms with Crippen molar-refractivity contribution in [1.29, 1.82) is 0 Å². The Kier molecular flexibility index (Phi) is 3.67. The molecule has 0 spiro atoms. The van der Waals surface area contributed by atoms with E-state index in [2.05, 4.69) is 62.0 Å². The maximum atomic E-state index is 5.31. The molecule has 0 bridgehead atoms. The molecule has 14 heavy (non-hydrogen) atoms. The lowest BCUT2D eigenvalue weighted by Crippen LogP contribution is -2.18. The summed E-state index contributed by atoms with van der Waals surface area (Å²) in [6.45, 7) is 1.71. The van der Waals surface area contributed by atoms with Crippen LogP contribution in [0.3, 0.4) is 0 Å². The number of anilines is 1. The number of benzene rings is 1. The quantitative estimate of drug-likeness (QED) is 0.810. The van der Waals surface area contributed by atoms with Gasteiger partial charge in [0.1, 0.15) is 0 Å². The summed E-state index contributed by atoms with van der Waals surface area (Å²) >= 11 is 5.80. The van der Waals surface area contributed by atoms with Gasteiger partial charge in [-0.25, -0.2) is 0 Å². The largest absolute Gasteiger partial charge is 0.380 e. The molecule has 1 aromatic carbocycles. The van der Waals surface area contributed by atoms with Crippen molar-refractivity contribution in [3.8, 4) is 0 Å². The first-order chi connectivity index (χ1) is 6.75. The number of rotatable bonds is 2. The molecule has 76 valence electrons. The van der Waals surface area contributed by atoms with Crippen LogP contribution in [0.2, 0.25) is 0 Å². The minimum atomic E-state index is 0.479. The minimum absolute atomic E-state index is 0.479. The van der Waals surface area contributed by atoms with Crippen LogP contribution in [-0.2, 0) is 4.74 Å². The summed E-state index contributed by atoms with van der Waals surface area (Å²) in [4.78, 5) is 0. The monoisotopic (exact) mass is 367 g/mol. The van der Waals surface area contributed by atoms with Crippen molar-refractivity contribution < 1.29 is 4.74 Å². The van der Waals surface area contributed by atoms with E-state index in [1.165, 1.54) is 9.26 Å². The van der Waals surface area contributed by atoms with Crippen molar-refractivity contribution >= 4 is 44.2 Å². The van der Waals surface area contributed by atoms with Crippen molar-refractivity contribution in [2.24, 2.45) is 0 Å². The van der Waals surface area contributed by atoms with Gasteiger partial charge in [-0.3, -0.25) is 0 Å². The van der Waals surface area contributed by atoms with Gasteiger partial charge in [0, 0.05) is 20.3 Å². The van der Waals surface area contributed by atoms with Crippen LogP contribution in [-0.4, -0.2) is 19.3 Å². The SMILES string of the molecule is Brc1ccc(NC2CCOC2)cc1I. The molecule has 4 heteroatoms. The van der Waals surface area contributed by atoms with Crippen molar-refractivity contribution in [3.63, 3.8) is 0 Å². The van der Waals surface area contributed by atoms with Gasteiger partial charge in [0.2, 0.25) is 0 Å². The Morgan fingerprint density at radius 2 is 2.36 bits per heavy atom. The number of ether oxygens (including phenoxy) is 1. The smallest absolute Gasteiger partial charge is 0.0668 e. The van der Waals surface area contributed by atoms with E-state index in [1.54, 1.807) is 0 Å². The lowest BCUT2D eigenvalue weighted by molar-refractivity contribution is 0.195. The Morgan fingerprint density at radius 1 is 1.50 bits per heavy atom. The molecule has 1 fully saturated rings. The van der Waals surface area contributed by atoms with Crippen LogP contribution in [0.25, 0.3) is 0 Å². The van der Waals surface area contributed by atoms with E-state index in [9.17, 15) is 0 Å². The lowest BCUT2D eigenvalue weighted by atomic mass is 10.2. The molecule has 2 rings (SSSR count). The first kappa shape index (κ1) is 10.7. The third-order valence-corrected chi connectivity index (χ3v) is 4.55. The van der Waals surface area contributed by atoms with Crippen LogP contribution in [0.1, 0.15) is 6.42 Å². The van der Waals surface area contributed by atoms with Gasteiger partial charge in [0.25, 0.3) is 0 Å². The fourth-order valence-electron chi connectivity index (χ4n) is 1.47. The molecule has 1 aromatic rings. The van der Waals surface area contributed by atoms with Gasteiger partial charge >= 0.3 is 0 Å². The fraction of sp³-hybridized carbons (Fsp3) is 0.400. The molecule has 1 aliphatic heterocycles. The molecule has 1 N–H and O–H groups in total. The zero-order chi connectivity index (χ0) is 9.97. The van der Waals surface area contributed by atoms with Gasteiger partial charge in [0.05, 0.1) is 12.6 Å². The maximum Gasteiger partial charge on any atom is 0.0668 e. The zero-order valence-electron chi connectivity index (χ0n) is 7.59. The number of nitrogens with one attached hydrogen (secondary N) is 1. The summed E-state index contributed by atoms with van der Waals surface area (Å²) in [5, 5.41) is 3.46. The average Bonchev–Trinajstić information content (AvgIpc) is 2.64.